The molecular weight excluding hydrogens is 288 g/mol. The molecule has 2 aromatic rings. The first kappa shape index (κ1) is 16.4. The summed E-state index contributed by atoms with van der Waals surface area (Å²) in [7, 11) is 5.51. The number of carbonyl (C=O) groups excluding carboxylic acids is 1. The van der Waals surface area contributed by atoms with Crippen LogP contribution in [0.25, 0.3) is 0 Å². The number of ether oxygens (including phenoxy) is 1. The molecule has 2 aromatic carbocycles. The predicted octanol–water partition coefficient (Wildman–Crippen LogP) is 2.54. The molecule has 0 aromatic heterocycles. The zero-order chi connectivity index (χ0) is 16.7. The molecule has 2 rings (SSSR count). The van der Waals surface area contributed by atoms with E-state index in [1.165, 1.54) is 0 Å². The van der Waals surface area contributed by atoms with Crippen molar-refractivity contribution >= 4 is 11.6 Å². The number of anilines is 1. The highest BCUT2D eigenvalue weighted by molar-refractivity contribution is 5.95. The molecule has 118 valence electrons. The molecule has 0 fully saturated rings. The van der Waals surface area contributed by atoms with E-state index >= 15 is 0 Å². The number of benzene rings is 2. The molecule has 1 amide bonds. The van der Waals surface area contributed by atoms with Gasteiger partial charge < -0.3 is 15.0 Å². The summed E-state index contributed by atoms with van der Waals surface area (Å²) in [5.74, 6) is 6.62. The molecule has 0 heterocycles. The molecular formula is C19H20N2O2. The first-order valence-electron chi connectivity index (χ1n) is 7.28. The van der Waals surface area contributed by atoms with E-state index in [9.17, 15) is 4.79 Å². The van der Waals surface area contributed by atoms with Crippen molar-refractivity contribution in [3.63, 3.8) is 0 Å². The molecule has 0 aliphatic carbocycles. The summed E-state index contributed by atoms with van der Waals surface area (Å²) in [6.07, 6.45) is 0. The lowest BCUT2D eigenvalue weighted by molar-refractivity contribution is 0.0958. The third-order valence-corrected chi connectivity index (χ3v) is 3.28. The highest BCUT2D eigenvalue weighted by Gasteiger charge is 2.05. The average Bonchev–Trinajstić information content (AvgIpc) is 2.59. The van der Waals surface area contributed by atoms with Crippen LogP contribution in [0.4, 0.5) is 5.69 Å². The maximum atomic E-state index is 12.1. The average molecular weight is 308 g/mol. The van der Waals surface area contributed by atoms with Crippen LogP contribution < -0.4 is 15.0 Å². The summed E-state index contributed by atoms with van der Waals surface area (Å²) in [5, 5.41) is 2.80. The first-order chi connectivity index (χ1) is 11.1. The lowest BCUT2D eigenvalue weighted by Crippen LogP contribution is -2.23. The standard InChI is InChI=1S/C19H20N2O2/c1-21(2)17-8-4-7-16(14-17)19(22)20-13-5-6-15-9-11-18(23-3)12-10-15/h4,7-12,14H,13H2,1-3H3,(H,20,22). The normalized spacial score (nSPS) is 9.52. The number of nitrogens with zero attached hydrogens (tertiary/aromatic N) is 1. The van der Waals surface area contributed by atoms with Crippen molar-refractivity contribution in [2.75, 3.05) is 32.6 Å². The molecule has 0 unspecified atom stereocenters. The summed E-state index contributed by atoms with van der Waals surface area (Å²) in [5.41, 5.74) is 2.50. The van der Waals surface area contributed by atoms with Crippen LogP contribution in [0.5, 0.6) is 5.75 Å². The number of methoxy groups -OCH3 is 1. The fourth-order valence-corrected chi connectivity index (χ4v) is 1.97. The summed E-state index contributed by atoms with van der Waals surface area (Å²) >= 11 is 0. The highest BCUT2D eigenvalue weighted by Crippen LogP contribution is 2.13. The minimum atomic E-state index is -0.127. The van der Waals surface area contributed by atoms with Crippen molar-refractivity contribution in [1.82, 2.24) is 5.32 Å². The fraction of sp³-hybridized carbons (Fsp3) is 0.211. The molecule has 1 N–H and O–H groups in total. The van der Waals surface area contributed by atoms with E-state index in [0.29, 0.717) is 12.1 Å². The van der Waals surface area contributed by atoms with Gasteiger partial charge in [0.2, 0.25) is 0 Å². The molecule has 0 atom stereocenters. The third-order valence-electron chi connectivity index (χ3n) is 3.28. The number of carbonyl (C=O) groups is 1. The van der Waals surface area contributed by atoms with Crippen molar-refractivity contribution in [2.24, 2.45) is 0 Å². The van der Waals surface area contributed by atoms with Crippen molar-refractivity contribution in [3.8, 4) is 17.6 Å². The molecule has 0 bridgehead atoms. The van der Waals surface area contributed by atoms with Gasteiger partial charge in [-0.25, -0.2) is 0 Å². The largest absolute Gasteiger partial charge is 0.497 e. The highest BCUT2D eigenvalue weighted by atomic mass is 16.5. The van der Waals surface area contributed by atoms with Gasteiger partial charge in [0.25, 0.3) is 5.91 Å². The van der Waals surface area contributed by atoms with Gasteiger partial charge in [-0.2, -0.15) is 0 Å². The second-order valence-electron chi connectivity index (χ2n) is 5.16. The summed E-state index contributed by atoms with van der Waals surface area (Å²) < 4.78 is 5.09. The van der Waals surface area contributed by atoms with Gasteiger partial charge in [-0.3, -0.25) is 4.79 Å². The zero-order valence-electron chi connectivity index (χ0n) is 13.6. The zero-order valence-corrected chi connectivity index (χ0v) is 13.6. The van der Waals surface area contributed by atoms with Crippen molar-refractivity contribution in [3.05, 3.63) is 59.7 Å². The second-order valence-corrected chi connectivity index (χ2v) is 5.16. The Kier molecular flexibility index (Phi) is 5.65. The number of amides is 1. The molecule has 0 saturated carbocycles. The van der Waals surface area contributed by atoms with Crippen molar-refractivity contribution in [1.29, 1.82) is 0 Å². The van der Waals surface area contributed by atoms with Gasteiger partial charge in [-0.15, -0.1) is 0 Å². The SMILES string of the molecule is COc1ccc(C#CCNC(=O)c2cccc(N(C)C)c2)cc1. The van der Waals surface area contributed by atoms with E-state index in [2.05, 4.69) is 17.2 Å². The minimum Gasteiger partial charge on any atom is -0.497 e. The Morgan fingerprint density at radius 2 is 1.91 bits per heavy atom. The Morgan fingerprint density at radius 3 is 2.57 bits per heavy atom. The van der Waals surface area contributed by atoms with Gasteiger partial charge >= 0.3 is 0 Å². The topological polar surface area (TPSA) is 41.6 Å². The number of hydrogen-bond donors (Lipinski definition) is 1. The first-order valence-corrected chi connectivity index (χ1v) is 7.28. The van der Waals surface area contributed by atoms with Crippen LogP contribution >= 0.6 is 0 Å². The van der Waals surface area contributed by atoms with Crippen LogP contribution in [0.15, 0.2) is 48.5 Å². The molecule has 0 aliphatic heterocycles. The van der Waals surface area contributed by atoms with E-state index in [0.717, 1.165) is 17.0 Å². The van der Waals surface area contributed by atoms with Crippen molar-refractivity contribution < 1.29 is 9.53 Å². The minimum absolute atomic E-state index is 0.127. The second kappa shape index (κ2) is 7.90. The lowest BCUT2D eigenvalue weighted by Gasteiger charge is -2.13. The Balaban J connectivity index is 1.92. The van der Waals surface area contributed by atoms with Gasteiger partial charge in [-0.1, -0.05) is 17.9 Å². The Bertz CT molecular complexity index is 725. The van der Waals surface area contributed by atoms with E-state index < -0.39 is 0 Å². The smallest absolute Gasteiger partial charge is 0.252 e. The molecule has 0 aliphatic rings. The monoisotopic (exact) mass is 308 g/mol. The van der Waals surface area contributed by atoms with E-state index in [4.69, 9.17) is 4.74 Å². The molecule has 0 spiro atoms. The number of rotatable bonds is 4. The summed E-state index contributed by atoms with van der Waals surface area (Å²) in [4.78, 5) is 14.1. The lowest BCUT2D eigenvalue weighted by atomic mass is 10.2. The fourth-order valence-electron chi connectivity index (χ4n) is 1.97. The Hall–Kier alpha value is -2.93. The molecule has 0 saturated heterocycles. The van der Waals surface area contributed by atoms with Gasteiger partial charge in [0.1, 0.15) is 5.75 Å². The maximum Gasteiger partial charge on any atom is 0.252 e. The van der Waals surface area contributed by atoms with Gasteiger partial charge in [-0.05, 0) is 42.5 Å². The van der Waals surface area contributed by atoms with Crippen LogP contribution in [0.3, 0.4) is 0 Å². The van der Waals surface area contributed by atoms with Crippen LogP contribution in [-0.2, 0) is 0 Å². The van der Waals surface area contributed by atoms with Gasteiger partial charge in [0.15, 0.2) is 0 Å². The van der Waals surface area contributed by atoms with E-state index in [1.807, 2.05) is 61.5 Å². The number of hydrogen-bond acceptors (Lipinski definition) is 3. The molecule has 4 heteroatoms. The summed E-state index contributed by atoms with van der Waals surface area (Å²) in [6.45, 7) is 0.303. The predicted molar refractivity (Wildman–Crippen MR) is 93.0 cm³/mol. The maximum absolute atomic E-state index is 12.1. The van der Waals surface area contributed by atoms with E-state index in [1.54, 1.807) is 13.2 Å². The van der Waals surface area contributed by atoms with Crippen LogP contribution in [0, 0.1) is 11.8 Å². The van der Waals surface area contributed by atoms with Gasteiger partial charge in [0.05, 0.1) is 13.7 Å². The Morgan fingerprint density at radius 1 is 1.17 bits per heavy atom. The van der Waals surface area contributed by atoms with Crippen LogP contribution in [0.1, 0.15) is 15.9 Å². The third kappa shape index (κ3) is 4.79. The molecule has 0 radical (unpaired) electrons. The summed E-state index contributed by atoms with van der Waals surface area (Å²) in [6, 6.07) is 15.0. The quantitative estimate of drug-likeness (QED) is 0.883. The number of nitrogens with one attached hydrogen (secondary N) is 1. The van der Waals surface area contributed by atoms with Gasteiger partial charge in [0, 0.05) is 30.9 Å². The van der Waals surface area contributed by atoms with Crippen LogP contribution in [0.2, 0.25) is 0 Å². The Labute approximate surface area is 137 Å². The molecule has 23 heavy (non-hydrogen) atoms. The molecule has 4 nitrogen and oxygen atoms in total. The van der Waals surface area contributed by atoms with Crippen molar-refractivity contribution in [2.45, 2.75) is 0 Å². The van der Waals surface area contributed by atoms with Crippen LogP contribution in [-0.4, -0.2) is 33.7 Å². The van der Waals surface area contributed by atoms with E-state index in [-0.39, 0.29) is 5.91 Å².